The Bertz CT molecular complexity index is 815. The number of rotatable bonds is 3. The van der Waals surface area contributed by atoms with Gasteiger partial charge < -0.3 is 10.3 Å². The molecule has 0 saturated carbocycles. The van der Waals surface area contributed by atoms with Gasteiger partial charge in [0.15, 0.2) is 0 Å². The Morgan fingerprint density at radius 2 is 1.83 bits per heavy atom. The molecule has 0 bridgehead atoms. The summed E-state index contributed by atoms with van der Waals surface area (Å²) in [5, 5.41) is 13.5. The van der Waals surface area contributed by atoms with Crippen molar-refractivity contribution in [1.29, 1.82) is 0 Å². The molecule has 0 radical (unpaired) electrons. The maximum Gasteiger partial charge on any atom is 1.00 e. The van der Waals surface area contributed by atoms with Crippen LogP contribution in [0.1, 0.15) is 5.56 Å². The van der Waals surface area contributed by atoms with Gasteiger partial charge in [0.05, 0.1) is 5.69 Å². The van der Waals surface area contributed by atoms with Crippen LogP contribution in [-0.4, -0.2) is 15.0 Å². The second-order valence-electron chi connectivity index (χ2n) is 4.74. The molecule has 2 heterocycles. The van der Waals surface area contributed by atoms with Crippen molar-refractivity contribution in [2.45, 2.75) is 6.92 Å². The Morgan fingerprint density at radius 3 is 2.57 bits per heavy atom. The molecular weight excluding hydrogens is 323 g/mol. The molecule has 3 rings (SSSR count). The number of pyridine rings is 1. The van der Waals surface area contributed by atoms with Crippen molar-refractivity contribution in [2.75, 3.05) is 5.06 Å². The molecule has 5 nitrogen and oxygen atoms in total. The van der Waals surface area contributed by atoms with Crippen LogP contribution in [0, 0.1) is 12.1 Å². The molecule has 110 valence electrons. The van der Waals surface area contributed by atoms with Gasteiger partial charge in [0.2, 0.25) is 5.95 Å². The van der Waals surface area contributed by atoms with Crippen molar-refractivity contribution in [3.63, 3.8) is 0 Å². The predicted molar refractivity (Wildman–Crippen MR) is 87.0 cm³/mol. The minimum absolute atomic E-state index is 0. The number of aryl methyl sites for hydroxylation is 1. The van der Waals surface area contributed by atoms with Gasteiger partial charge in [0.1, 0.15) is 5.15 Å². The summed E-state index contributed by atoms with van der Waals surface area (Å²) in [4.78, 5) is 12.3. The van der Waals surface area contributed by atoms with E-state index in [1.807, 2.05) is 19.1 Å². The van der Waals surface area contributed by atoms with E-state index in [0.29, 0.717) is 21.6 Å². The molecule has 0 aliphatic heterocycles. The zero-order valence-corrected chi connectivity index (χ0v) is 15.5. The van der Waals surface area contributed by atoms with Gasteiger partial charge in [-0.2, -0.15) is 0 Å². The quantitative estimate of drug-likeness (QED) is 0.408. The molecule has 3 aromatic rings. The largest absolute Gasteiger partial charge is 1.00 e. The van der Waals surface area contributed by atoms with Crippen LogP contribution in [0.25, 0.3) is 11.3 Å². The fourth-order valence-electron chi connectivity index (χ4n) is 2.04. The molecule has 0 saturated heterocycles. The van der Waals surface area contributed by atoms with Gasteiger partial charge in [-0.25, -0.2) is 15.0 Å². The minimum Gasteiger partial charge on any atom is -0.752 e. The molecule has 23 heavy (non-hydrogen) atoms. The standard InChI is InChI=1S/C16H12ClN4O.Na/c1-11-3-2-4-13(9-11)21(22)16-19-8-6-14(20-16)12-5-7-18-15(17)10-12;/h2-10H,1H3;/q-1;+1. The maximum absolute atomic E-state index is 12.4. The first kappa shape index (κ1) is 17.8. The summed E-state index contributed by atoms with van der Waals surface area (Å²) in [5.41, 5.74) is 2.88. The molecule has 0 spiro atoms. The molecule has 0 fully saturated rings. The van der Waals surface area contributed by atoms with E-state index in [9.17, 15) is 5.21 Å². The van der Waals surface area contributed by atoms with Gasteiger partial charge in [-0.1, -0.05) is 23.7 Å². The smallest absolute Gasteiger partial charge is 0.752 e. The van der Waals surface area contributed by atoms with E-state index in [0.717, 1.165) is 11.1 Å². The molecule has 0 amide bonds. The molecule has 0 unspecified atom stereocenters. The fraction of sp³-hybridized carbons (Fsp3) is 0.0625. The Morgan fingerprint density at radius 1 is 1.04 bits per heavy atom. The van der Waals surface area contributed by atoms with Crippen LogP contribution < -0.4 is 34.6 Å². The van der Waals surface area contributed by atoms with Crippen molar-refractivity contribution < 1.29 is 29.6 Å². The summed E-state index contributed by atoms with van der Waals surface area (Å²) >= 11 is 5.88. The minimum atomic E-state index is 0. The zero-order chi connectivity index (χ0) is 15.5. The van der Waals surface area contributed by atoms with Crippen LogP contribution in [0.5, 0.6) is 0 Å². The van der Waals surface area contributed by atoms with Crippen LogP contribution in [0.2, 0.25) is 5.15 Å². The Hall–Kier alpha value is -1.50. The van der Waals surface area contributed by atoms with Crippen molar-refractivity contribution >= 4 is 23.2 Å². The van der Waals surface area contributed by atoms with E-state index in [-0.39, 0.29) is 35.5 Å². The van der Waals surface area contributed by atoms with Crippen LogP contribution in [-0.2, 0) is 0 Å². The van der Waals surface area contributed by atoms with Crippen LogP contribution in [0.4, 0.5) is 11.6 Å². The molecule has 2 aromatic heterocycles. The first-order chi connectivity index (χ1) is 10.6. The molecule has 0 atom stereocenters. The monoisotopic (exact) mass is 334 g/mol. The van der Waals surface area contributed by atoms with E-state index < -0.39 is 0 Å². The molecule has 0 N–H and O–H groups in total. The van der Waals surface area contributed by atoms with Gasteiger partial charge in [-0.05, 0) is 42.8 Å². The van der Waals surface area contributed by atoms with E-state index in [4.69, 9.17) is 11.6 Å². The van der Waals surface area contributed by atoms with Gasteiger partial charge in [0.25, 0.3) is 0 Å². The first-order valence-electron chi connectivity index (χ1n) is 6.62. The van der Waals surface area contributed by atoms with Crippen LogP contribution in [0.15, 0.2) is 54.9 Å². The van der Waals surface area contributed by atoms with Gasteiger partial charge in [-0.3, -0.25) is 0 Å². The van der Waals surface area contributed by atoms with Crippen molar-refractivity contribution in [2.24, 2.45) is 0 Å². The maximum atomic E-state index is 12.4. The van der Waals surface area contributed by atoms with Crippen molar-refractivity contribution in [3.05, 3.63) is 70.8 Å². The zero-order valence-electron chi connectivity index (χ0n) is 12.8. The number of aromatic nitrogens is 3. The molecule has 7 heteroatoms. The number of halogens is 1. The third-order valence-corrected chi connectivity index (χ3v) is 3.29. The number of hydrogen-bond donors (Lipinski definition) is 0. The summed E-state index contributed by atoms with van der Waals surface area (Å²) in [6.07, 6.45) is 3.14. The van der Waals surface area contributed by atoms with Crippen molar-refractivity contribution in [1.82, 2.24) is 15.0 Å². The molecule has 0 aliphatic rings. The Kier molecular flexibility index (Phi) is 6.10. The third kappa shape index (κ3) is 4.28. The molecule has 1 aromatic carbocycles. The van der Waals surface area contributed by atoms with Crippen LogP contribution in [0.3, 0.4) is 0 Å². The second-order valence-corrected chi connectivity index (χ2v) is 5.13. The topological polar surface area (TPSA) is 65.0 Å². The van der Waals surface area contributed by atoms with E-state index >= 15 is 0 Å². The summed E-state index contributed by atoms with van der Waals surface area (Å²) in [6, 6.07) is 12.4. The van der Waals surface area contributed by atoms with E-state index in [1.165, 1.54) is 0 Å². The normalized spacial score (nSPS) is 10.0. The summed E-state index contributed by atoms with van der Waals surface area (Å²) in [7, 11) is 0. The van der Waals surface area contributed by atoms with Crippen LogP contribution >= 0.6 is 11.6 Å². The average molecular weight is 335 g/mol. The summed E-state index contributed by atoms with van der Waals surface area (Å²) in [5.74, 6) is 0.0797. The summed E-state index contributed by atoms with van der Waals surface area (Å²) in [6.45, 7) is 1.92. The Labute approximate surface area is 161 Å². The Balaban J connectivity index is 0.00000192. The molecular formula is C16H12ClN4NaO. The SMILES string of the molecule is Cc1cccc(N([O-])c2nccc(-c3ccnc(Cl)c3)n2)c1.[Na+]. The number of anilines is 2. The number of nitrogens with zero attached hydrogens (tertiary/aromatic N) is 4. The van der Waals surface area contributed by atoms with E-state index in [1.54, 1.807) is 42.7 Å². The third-order valence-electron chi connectivity index (χ3n) is 3.08. The summed E-state index contributed by atoms with van der Waals surface area (Å²) < 4.78 is 0. The molecule has 0 aliphatic carbocycles. The first-order valence-corrected chi connectivity index (χ1v) is 7.00. The van der Waals surface area contributed by atoms with E-state index in [2.05, 4.69) is 15.0 Å². The second kappa shape index (κ2) is 7.86. The predicted octanol–water partition coefficient (Wildman–Crippen LogP) is 1.14. The van der Waals surface area contributed by atoms with Gasteiger partial charge in [0, 0.05) is 23.6 Å². The van der Waals surface area contributed by atoms with Gasteiger partial charge in [-0.15, -0.1) is 0 Å². The fourth-order valence-corrected chi connectivity index (χ4v) is 2.21. The average Bonchev–Trinajstić information content (AvgIpc) is 2.54. The number of benzene rings is 1. The van der Waals surface area contributed by atoms with Gasteiger partial charge >= 0.3 is 29.6 Å². The number of hydrogen-bond acceptors (Lipinski definition) is 5. The van der Waals surface area contributed by atoms with Crippen molar-refractivity contribution in [3.8, 4) is 11.3 Å².